The summed E-state index contributed by atoms with van der Waals surface area (Å²) in [5.74, 6) is -0.0905. The number of aryl methyl sites for hydroxylation is 1. The molecule has 2 rings (SSSR count). The number of aromatic nitrogens is 2. The summed E-state index contributed by atoms with van der Waals surface area (Å²) in [5.41, 5.74) is 7.65. The smallest absolute Gasteiger partial charge is 0.278 e. The van der Waals surface area contributed by atoms with Crippen molar-refractivity contribution in [2.45, 2.75) is 13.3 Å². The van der Waals surface area contributed by atoms with E-state index in [9.17, 15) is 4.79 Å². The number of anilines is 2. The molecule has 0 fully saturated rings. The third kappa shape index (κ3) is 2.93. The maximum atomic E-state index is 12.5. The van der Waals surface area contributed by atoms with E-state index in [1.54, 1.807) is 41.0 Å². The summed E-state index contributed by atoms with van der Waals surface area (Å²) in [4.78, 5) is 14.2. The van der Waals surface area contributed by atoms with Crippen LogP contribution in [0.1, 0.15) is 23.8 Å². The minimum Gasteiger partial charge on any atom is -0.399 e. The van der Waals surface area contributed by atoms with E-state index < -0.39 is 0 Å². The first-order valence-electron chi connectivity index (χ1n) is 6.29. The zero-order valence-corrected chi connectivity index (χ0v) is 11.2. The Kier molecular flexibility index (Phi) is 3.85. The number of carbonyl (C=O) groups excluding carboxylic acids is 1. The summed E-state index contributed by atoms with van der Waals surface area (Å²) in [6.07, 6.45) is 2.64. The summed E-state index contributed by atoms with van der Waals surface area (Å²) < 4.78 is 1.63. The lowest BCUT2D eigenvalue weighted by Crippen LogP contribution is -2.32. The number of amides is 1. The van der Waals surface area contributed by atoms with Crippen molar-refractivity contribution >= 4 is 17.3 Å². The summed E-state index contributed by atoms with van der Waals surface area (Å²) in [6.45, 7) is 2.69. The highest BCUT2D eigenvalue weighted by Crippen LogP contribution is 2.18. The van der Waals surface area contributed by atoms with Gasteiger partial charge < -0.3 is 10.6 Å². The average molecular weight is 258 g/mol. The molecule has 0 radical (unpaired) electrons. The maximum Gasteiger partial charge on any atom is 0.278 e. The Morgan fingerprint density at radius 1 is 1.32 bits per heavy atom. The lowest BCUT2D eigenvalue weighted by atomic mass is 10.2. The van der Waals surface area contributed by atoms with Crippen LogP contribution in [0.25, 0.3) is 0 Å². The van der Waals surface area contributed by atoms with Gasteiger partial charge in [0.15, 0.2) is 5.69 Å². The van der Waals surface area contributed by atoms with E-state index in [1.807, 2.05) is 19.1 Å². The number of carbonyl (C=O) groups is 1. The van der Waals surface area contributed by atoms with Crippen LogP contribution in [0, 0.1) is 0 Å². The highest BCUT2D eigenvalue weighted by atomic mass is 16.2. The highest BCUT2D eigenvalue weighted by molar-refractivity contribution is 6.04. The van der Waals surface area contributed by atoms with Gasteiger partial charge in [0.05, 0.1) is 0 Å². The monoisotopic (exact) mass is 258 g/mol. The Morgan fingerprint density at radius 2 is 2.00 bits per heavy atom. The van der Waals surface area contributed by atoms with Gasteiger partial charge in [-0.2, -0.15) is 5.10 Å². The molecule has 1 heterocycles. The van der Waals surface area contributed by atoms with Gasteiger partial charge in [-0.05, 0) is 36.8 Å². The molecule has 2 aromatic rings. The summed E-state index contributed by atoms with van der Waals surface area (Å²) in [6, 6.07) is 9.02. The van der Waals surface area contributed by atoms with E-state index >= 15 is 0 Å². The molecule has 0 aliphatic rings. The van der Waals surface area contributed by atoms with Crippen molar-refractivity contribution in [3.8, 4) is 0 Å². The fourth-order valence-corrected chi connectivity index (χ4v) is 1.89. The molecular weight excluding hydrogens is 240 g/mol. The van der Waals surface area contributed by atoms with Crippen LogP contribution in [-0.4, -0.2) is 22.2 Å². The number of rotatable bonds is 4. The van der Waals surface area contributed by atoms with Crippen LogP contribution in [0.5, 0.6) is 0 Å². The van der Waals surface area contributed by atoms with E-state index in [4.69, 9.17) is 5.73 Å². The predicted molar refractivity (Wildman–Crippen MR) is 76.0 cm³/mol. The highest BCUT2D eigenvalue weighted by Gasteiger charge is 2.18. The molecule has 1 aromatic carbocycles. The SMILES string of the molecule is CCCN(C(=O)c1ccn(C)n1)c1ccc(N)cc1. The largest absolute Gasteiger partial charge is 0.399 e. The third-order valence-electron chi connectivity index (χ3n) is 2.83. The maximum absolute atomic E-state index is 12.5. The van der Waals surface area contributed by atoms with E-state index in [2.05, 4.69) is 5.10 Å². The normalized spacial score (nSPS) is 10.4. The Morgan fingerprint density at radius 3 is 2.53 bits per heavy atom. The predicted octanol–water partition coefficient (Wildman–Crippen LogP) is 2.06. The molecule has 19 heavy (non-hydrogen) atoms. The van der Waals surface area contributed by atoms with Crippen LogP contribution >= 0.6 is 0 Å². The number of nitrogens with two attached hydrogens (primary N) is 1. The number of hydrogen-bond donors (Lipinski definition) is 1. The Hall–Kier alpha value is -2.30. The molecular formula is C14H18N4O. The molecule has 0 spiro atoms. The zero-order chi connectivity index (χ0) is 13.8. The number of benzene rings is 1. The summed E-state index contributed by atoms with van der Waals surface area (Å²) in [7, 11) is 1.80. The second-order valence-electron chi connectivity index (χ2n) is 4.42. The first-order chi connectivity index (χ1) is 9.11. The molecule has 0 unspecified atom stereocenters. The van der Waals surface area contributed by atoms with Crippen LogP contribution in [-0.2, 0) is 7.05 Å². The Balaban J connectivity index is 2.29. The number of nitrogens with zero attached hydrogens (tertiary/aromatic N) is 3. The molecule has 0 bridgehead atoms. The zero-order valence-electron chi connectivity index (χ0n) is 11.2. The van der Waals surface area contributed by atoms with Gasteiger partial charge in [0, 0.05) is 31.2 Å². The van der Waals surface area contributed by atoms with Gasteiger partial charge in [-0.15, -0.1) is 0 Å². The van der Waals surface area contributed by atoms with Gasteiger partial charge in [-0.3, -0.25) is 9.48 Å². The minimum absolute atomic E-state index is 0.0905. The quantitative estimate of drug-likeness (QED) is 0.854. The molecule has 0 atom stereocenters. The van der Waals surface area contributed by atoms with Gasteiger partial charge in [0.1, 0.15) is 0 Å². The van der Waals surface area contributed by atoms with Crippen molar-refractivity contribution in [1.29, 1.82) is 0 Å². The molecule has 0 aliphatic carbocycles. The molecule has 5 nitrogen and oxygen atoms in total. The Labute approximate surface area is 112 Å². The second kappa shape index (κ2) is 5.56. The lowest BCUT2D eigenvalue weighted by molar-refractivity contribution is 0.0981. The van der Waals surface area contributed by atoms with E-state index in [-0.39, 0.29) is 5.91 Å². The van der Waals surface area contributed by atoms with Crippen LogP contribution in [0.3, 0.4) is 0 Å². The van der Waals surface area contributed by atoms with Gasteiger partial charge >= 0.3 is 0 Å². The van der Waals surface area contributed by atoms with Crippen molar-refractivity contribution in [1.82, 2.24) is 9.78 Å². The molecule has 0 saturated heterocycles. The van der Waals surface area contributed by atoms with Crippen LogP contribution in [0.2, 0.25) is 0 Å². The Bertz CT molecular complexity index is 559. The van der Waals surface area contributed by atoms with Crippen molar-refractivity contribution < 1.29 is 4.79 Å². The summed E-state index contributed by atoms with van der Waals surface area (Å²) in [5, 5.41) is 4.16. The second-order valence-corrected chi connectivity index (χ2v) is 4.42. The van der Waals surface area contributed by atoms with Crippen molar-refractivity contribution in [3.63, 3.8) is 0 Å². The van der Waals surface area contributed by atoms with Crippen LogP contribution in [0.4, 0.5) is 11.4 Å². The van der Waals surface area contributed by atoms with E-state index in [0.29, 0.717) is 17.9 Å². The van der Waals surface area contributed by atoms with E-state index in [1.165, 1.54) is 0 Å². The molecule has 1 aromatic heterocycles. The topological polar surface area (TPSA) is 64.2 Å². The van der Waals surface area contributed by atoms with Gasteiger partial charge in [-0.25, -0.2) is 0 Å². The molecule has 2 N–H and O–H groups in total. The van der Waals surface area contributed by atoms with Crippen molar-refractivity contribution in [3.05, 3.63) is 42.2 Å². The van der Waals surface area contributed by atoms with Gasteiger partial charge in [-0.1, -0.05) is 6.92 Å². The first-order valence-corrected chi connectivity index (χ1v) is 6.29. The van der Waals surface area contributed by atoms with Crippen LogP contribution < -0.4 is 10.6 Å². The molecule has 1 amide bonds. The molecule has 0 saturated carbocycles. The molecule has 100 valence electrons. The fraction of sp³-hybridized carbons (Fsp3) is 0.286. The minimum atomic E-state index is -0.0905. The summed E-state index contributed by atoms with van der Waals surface area (Å²) >= 11 is 0. The van der Waals surface area contributed by atoms with Crippen molar-refractivity contribution in [2.24, 2.45) is 7.05 Å². The fourth-order valence-electron chi connectivity index (χ4n) is 1.89. The standard InChI is InChI=1S/C14H18N4O/c1-3-9-18(12-6-4-11(15)5-7-12)14(19)13-8-10-17(2)16-13/h4-8,10H,3,9,15H2,1-2H3. The van der Waals surface area contributed by atoms with Gasteiger partial charge in [0.2, 0.25) is 0 Å². The van der Waals surface area contributed by atoms with E-state index in [0.717, 1.165) is 12.1 Å². The van der Waals surface area contributed by atoms with Crippen LogP contribution in [0.15, 0.2) is 36.5 Å². The average Bonchev–Trinajstić information content (AvgIpc) is 2.83. The first kappa shape index (κ1) is 13.1. The lowest BCUT2D eigenvalue weighted by Gasteiger charge is -2.21. The molecule has 5 heteroatoms. The number of hydrogen-bond acceptors (Lipinski definition) is 3. The van der Waals surface area contributed by atoms with Crippen molar-refractivity contribution in [2.75, 3.05) is 17.2 Å². The van der Waals surface area contributed by atoms with Gasteiger partial charge in [0.25, 0.3) is 5.91 Å². The molecule has 0 aliphatic heterocycles. The third-order valence-corrected chi connectivity index (χ3v) is 2.83. The number of nitrogen functional groups attached to an aromatic ring is 1.